The maximum atomic E-state index is 11.6. The number of anilines is 1. The number of rotatable bonds is 5. The molecule has 0 saturated carbocycles. The van der Waals surface area contributed by atoms with Crippen molar-refractivity contribution in [3.8, 4) is 6.07 Å². The predicted molar refractivity (Wildman–Crippen MR) is 121 cm³/mol. The molecule has 0 aromatic carbocycles. The molecule has 162 valence electrons. The predicted octanol–water partition coefficient (Wildman–Crippen LogP) is 3.89. The van der Waals surface area contributed by atoms with Crippen molar-refractivity contribution in [3.63, 3.8) is 0 Å². The number of nitrogens with zero attached hydrogens (tertiary/aromatic N) is 2. The Kier molecular flexibility index (Phi) is 8.69. The van der Waals surface area contributed by atoms with E-state index in [0.29, 0.717) is 6.42 Å². The second-order valence-corrected chi connectivity index (χ2v) is 9.76. The number of nitriles is 1. The number of thiophene rings is 2. The van der Waals surface area contributed by atoms with Gasteiger partial charge >= 0.3 is 6.09 Å². The number of carbonyl (C=O) groups is 2. The van der Waals surface area contributed by atoms with Crippen molar-refractivity contribution in [2.75, 3.05) is 18.0 Å². The van der Waals surface area contributed by atoms with Crippen LogP contribution in [0.4, 0.5) is 9.80 Å². The number of carbonyl (C=O) groups excluding carboxylic acids is 2. The fraction of sp³-hybridized carbons (Fsp3) is 0.476. The molecule has 2 amide bonds. The van der Waals surface area contributed by atoms with Gasteiger partial charge in [0.1, 0.15) is 22.7 Å². The SMILES string of the molecule is CC(C)(C)OC(=O)N[C@@H](Cc1cccs1)C(N)=O.N#Cc1ccsc1N1CCCC1. The third-order valence-corrected chi connectivity index (χ3v) is 6.05. The Labute approximate surface area is 185 Å². The van der Waals surface area contributed by atoms with Crippen molar-refractivity contribution in [2.24, 2.45) is 5.73 Å². The summed E-state index contributed by atoms with van der Waals surface area (Å²) in [4.78, 5) is 26.1. The Balaban J connectivity index is 0.000000230. The maximum Gasteiger partial charge on any atom is 0.408 e. The van der Waals surface area contributed by atoms with Crippen LogP contribution in [0.3, 0.4) is 0 Å². The van der Waals surface area contributed by atoms with Gasteiger partial charge in [0, 0.05) is 24.4 Å². The third kappa shape index (κ3) is 7.69. The van der Waals surface area contributed by atoms with Crippen molar-refractivity contribution in [1.82, 2.24) is 5.32 Å². The highest BCUT2D eigenvalue weighted by atomic mass is 32.1. The molecular formula is C21H28N4O3S2. The number of amides is 2. The summed E-state index contributed by atoms with van der Waals surface area (Å²) in [7, 11) is 0. The Hall–Kier alpha value is -2.57. The van der Waals surface area contributed by atoms with Crippen LogP contribution in [0.1, 0.15) is 44.1 Å². The van der Waals surface area contributed by atoms with Crippen LogP contribution in [0.15, 0.2) is 29.0 Å². The minimum Gasteiger partial charge on any atom is -0.444 e. The lowest BCUT2D eigenvalue weighted by Crippen LogP contribution is -2.47. The van der Waals surface area contributed by atoms with Gasteiger partial charge in [0.15, 0.2) is 0 Å². The molecular weight excluding hydrogens is 420 g/mol. The summed E-state index contributed by atoms with van der Waals surface area (Å²) in [5.41, 5.74) is 5.49. The summed E-state index contributed by atoms with van der Waals surface area (Å²) in [5, 5.41) is 16.3. The van der Waals surface area contributed by atoms with E-state index >= 15 is 0 Å². The van der Waals surface area contributed by atoms with Crippen LogP contribution in [0, 0.1) is 11.3 Å². The normalized spacial score (nSPS) is 14.3. The van der Waals surface area contributed by atoms with Gasteiger partial charge in [-0.3, -0.25) is 4.79 Å². The zero-order valence-electron chi connectivity index (χ0n) is 17.5. The third-order valence-electron chi connectivity index (χ3n) is 4.18. The number of nitrogens with two attached hydrogens (primary N) is 1. The summed E-state index contributed by atoms with van der Waals surface area (Å²) in [6, 6.07) is 7.14. The van der Waals surface area contributed by atoms with Crippen LogP contribution in [-0.2, 0) is 16.0 Å². The molecule has 3 rings (SSSR count). The highest BCUT2D eigenvalue weighted by Gasteiger charge is 2.23. The summed E-state index contributed by atoms with van der Waals surface area (Å²) >= 11 is 3.18. The van der Waals surface area contributed by atoms with Gasteiger partial charge in [0.2, 0.25) is 5.91 Å². The summed E-state index contributed by atoms with van der Waals surface area (Å²) in [5.74, 6) is -0.575. The van der Waals surface area contributed by atoms with Crippen LogP contribution in [0.2, 0.25) is 0 Å². The van der Waals surface area contributed by atoms with Crippen molar-refractivity contribution < 1.29 is 14.3 Å². The molecule has 1 aliphatic heterocycles. The molecule has 1 aliphatic rings. The molecule has 9 heteroatoms. The van der Waals surface area contributed by atoms with Gasteiger partial charge in [-0.15, -0.1) is 22.7 Å². The summed E-state index contributed by atoms with van der Waals surface area (Å²) in [6.45, 7) is 7.51. The molecule has 1 atom stereocenters. The standard InChI is InChI=1S/C12H18N2O3S.C9H10N2S/c1-12(2,3)17-11(16)14-9(10(13)15)7-8-5-4-6-18-8;10-7-8-3-6-12-9(8)11-4-1-2-5-11/h4-6,9H,7H2,1-3H3,(H2,13,15)(H,14,16);3,6H,1-2,4-5H2/t9-;/m0./s1. The van der Waals surface area contributed by atoms with Gasteiger partial charge in [-0.1, -0.05) is 6.07 Å². The molecule has 1 fully saturated rings. The molecule has 2 aromatic rings. The molecule has 0 bridgehead atoms. The molecule has 2 aromatic heterocycles. The Bertz CT molecular complexity index is 860. The molecule has 1 saturated heterocycles. The minimum atomic E-state index is -0.751. The van der Waals surface area contributed by atoms with Crippen LogP contribution in [-0.4, -0.2) is 36.7 Å². The first kappa shape index (κ1) is 23.7. The fourth-order valence-corrected chi connectivity index (χ4v) is 4.51. The Morgan fingerprint density at radius 2 is 1.97 bits per heavy atom. The van der Waals surface area contributed by atoms with E-state index in [0.717, 1.165) is 28.5 Å². The fourth-order valence-electron chi connectivity index (χ4n) is 2.85. The zero-order chi connectivity index (χ0) is 22.1. The number of hydrogen-bond acceptors (Lipinski definition) is 7. The lowest BCUT2D eigenvalue weighted by Gasteiger charge is -2.22. The van der Waals surface area contributed by atoms with Gasteiger partial charge in [0.05, 0.1) is 5.56 Å². The minimum absolute atomic E-state index is 0.381. The quantitative estimate of drug-likeness (QED) is 0.721. The number of ether oxygens (including phenoxy) is 1. The van der Waals surface area contributed by atoms with Crippen molar-refractivity contribution >= 4 is 39.7 Å². The molecule has 3 N–H and O–H groups in total. The molecule has 0 unspecified atom stereocenters. The number of alkyl carbamates (subject to hydrolysis) is 1. The zero-order valence-corrected chi connectivity index (χ0v) is 19.1. The van der Waals surface area contributed by atoms with E-state index < -0.39 is 23.6 Å². The van der Waals surface area contributed by atoms with Crippen LogP contribution in [0.25, 0.3) is 0 Å². The monoisotopic (exact) mass is 448 g/mol. The van der Waals surface area contributed by atoms with Crippen molar-refractivity contribution in [3.05, 3.63) is 39.4 Å². The maximum absolute atomic E-state index is 11.6. The Morgan fingerprint density at radius 3 is 2.50 bits per heavy atom. The molecule has 0 aliphatic carbocycles. The second kappa shape index (κ2) is 11.0. The molecule has 0 spiro atoms. The van der Waals surface area contributed by atoms with E-state index in [1.54, 1.807) is 32.1 Å². The Morgan fingerprint density at radius 1 is 1.27 bits per heavy atom. The van der Waals surface area contributed by atoms with E-state index in [9.17, 15) is 9.59 Å². The first-order valence-electron chi connectivity index (χ1n) is 9.73. The van der Waals surface area contributed by atoms with Crippen LogP contribution in [0.5, 0.6) is 0 Å². The van der Waals surface area contributed by atoms with Gasteiger partial charge < -0.3 is 20.7 Å². The van der Waals surface area contributed by atoms with E-state index in [1.165, 1.54) is 24.2 Å². The molecule has 3 heterocycles. The average Bonchev–Trinajstić information content (AvgIpc) is 3.41. The van der Waals surface area contributed by atoms with Gasteiger partial charge in [-0.25, -0.2) is 4.79 Å². The van der Waals surface area contributed by atoms with Gasteiger partial charge in [-0.2, -0.15) is 5.26 Å². The lowest BCUT2D eigenvalue weighted by atomic mass is 10.1. The van der Waals surface area contributed by atoms with Crippen LogP contribution < -0.4 is 16.0 Å². The molecule has 0 radical (unpaired) electrons. The largest absolute Gasteiger partial charge is 0.444 e. The van der Waals surface area contributed by atoms with E-state index in [2.05, 4.69) is 16.3 Å². The summed E-state index contributed by atoms with van der Waals surface area (Å²) in [6.07, 6.45) is 2.28. The van der Waals surface area contributed by atoms with E-state index in [4.69, 9.17) is 15.7 Å². The highest BCUT2D eigenvalue weighted by molar-refractivity contribution is 7.14. The van der Waals surface area contributed by atoms with Crippen molar-refractivity contribution in [1.29, 1.82) is 5.26 Å². The highest BCUT2D eigenvalue weighted by Crippen LogP contribution is 2.29. The lowest BCUT2D eigenvalue weighted by molar-refractivity contribution is -0.120. The second-order valence-electron chi connectivity index (χ2n) is 7.83. The van der Waals surface area contributed by atoms with Crippen molar-refractivity contribution in [2.45, 2.75) is 51.7 Å². The van der Waals surface area contributed by atoms with Gasteiger partial charge in [0.25, 0.3) is 0 Å². The smallest absolute Gasteiger partial charge is 0.408 e. The van der Waals surface area contributed by atoms with Gasteiger partial charge in [-0.05, 0) is 56.5 Å². The average molecular weight is 449 g/mol. The van der Waals surface area contributed by atoms with Crippen LogP contribution >= 0.6 is 22.7 Å². The number of primary amides is 1. The van der Waals surface area contributed by atoms with E-state index in [-0.39, 0.29) is 0 Å². The number of nitrogens with one attached hydrogen (secondary N) is 1. The topological polar surface area (TPSA) is 108 Å². The first-order chi connectivity index (χ1) is 14.2. The van der Waals surface area contributed by atoms with E-state index in [1.807, 2.05) is 29.0 Å². The first-order valence-corrected chi connectivity index (χ1v) is 11.5. The molecule has 30 heavy (non-hydrogen) atoms. The number of hydrogen-bond donors (Lipinski definition) is 2. The molecule has 7 nitrogen and oxygen atoms in total. The summed E-state index contributed by atoms with van der Waals surface area (Å²) < 4.78 is 5.08.